The number of rotatable bonds is 3. The Morgan fingerprint density at radius 2 is 2.14 bits per heavy atom. The smallest absolute Gasteiger partial charge is 0.0596 e. The normalized spacial score (nSPS) is 15.9. The summed E-state index contributed by atoms with van der Waals surface area (Å²) in [5, 5.41) is 4.32. The molecule has 0 fully saturated rings. The summed E-state index contributed by atoms with van der Waals surface area (Å²) >= 11 is 0. The highest BCUT2D eigenvalue weighted by Crippen LogP contribution is 2.19. The molecular formula is C11H21N3. The lowest BCUT2D eigenvalue weighted by molar-refractivity contribution is 0.331. The first-order valence-corrected chi connectivity index (χ1v) is 5.11. The van der Waals surface area contributed by atoms with Crippen molar-refractivity contribution < 1.29 is 0 Å². The fourth-order valence-electron chi connectivity index (χ4n) is 1.42. The Morgan fingerprint density at radius 1 is 1.57 bits per heavy atom. The third-order valence-electron chi connectivity index (χ3n) is 2.98. The molecule has 3 heteroatoms. The summed E-state index contributed by atoms with van der Waals surface area (Å²) < 4.78 is 1.92. The van der Waals surface area contributed by atoms with Crippen LogP contribution in [0, 0.1) is 12.8 Å². The number of nitrogens with zero attached hydrogens (tertiary/aromatic N) is 2. The number of aryl methyl sites for hydroxylation is 2. The minimum atomic E-state index is -0.153. The van der Waals surface area contributed by atoms with Crippen LogP contribution < -0.4 is 5.73 Å². The zero-order valence-corrected chi connectivity index (χ0v) is 9.83. The SMILES string of the molecule is Cc1cc(CC(C)(N)C(C)C)n(C)n1. The van der Waals surface area contributed by atoms with Gasteiger partial charge in [-0.05, 0) is 25.8 Å². The van der Waals surface area contributed by atoms with Crippen LogP contribution in [-0.2, 0) is 13.5 Å². The Balaban J connectivity index is 2.83. The molecule has 1 rings (SSSR count). The molecule has 80 valence electrons. The molecule has 0 aliphatic heterocycles. The fraction of sp³-hybridized carbons (Fsp3) is 0.727. The number of hydrogen-bond acceptors (Lipinski definition) is 2. The van der Waals surface area contributed by atoms with E-state index < -0.39 is 0 Å². The zero-order valence-electron chi connectivity index (χ0n) is 9.83. The van der Waals surface area contributed by atoms with Gasteiger partial charge in [-0.1, -0.05) is 13.8 Å². The second kappa shape index (κ2) is 3.73. The molecule has 1 heterocycles. The van der Waals surface area contributed by atoms with E-state index in [0.29, 0.717) is 5.92 Å². The quantitative estimate of drug-likeness (QED) is 0.797. The van der Waals surface area contributed by atoms with Gasteiger partial charge in [-0.25, -0.2) is 0 Å². The minimum Gasteiger partial charge on any atom is -0.325 e. The topological polar surface area (TPSA) is 43.8 Å². The highest BCUT2D eigenvalue weighted by atomic mass is 15.3. The molecular weight excluding hydrogens is 174 g/mol. The van der Waals surface area contributed by atoms with Crippen molar-refractivity contribution in [2.45, 2.75) is 39.7 Å². The summed E-state index contributed by atoms with van der Waals surface area (Å²) in [5.41, 5.74) is 8.34. The molecule has 0 aliphatic carbocycles. The van der Waals surface area contributed by atoms with Crippen LogP contribution in [0.2, 0.25) is 0 Å². The van der Waals surface area contributed by atoms with Gasteiger partial charge < -0.3 is 5.73 Å². The Hall–Kier alpha value is -0.830. The number of aromatic nitrogens is 2. The van der Waals surface area contributed by atoms with Crippen molar-refractivity contribution in [3.05, 3.63) is 17.5 Å². The van der Waals surface area contributed by atoms with E-state index in [2.05, 4.69) is 31.9 Å². The lowest BCUT2D eigenvalue weighted by Crippen LogP contribution is -2.44. The molecule has 0 saturated carbocycles. The number of hydrogen-bond donors (Lipinski definition) is 1. The van der Waals surface area contributed by atoms with E-state index in [4.69, 9.17) is 5.73 Å². The van der Waals surface area contributed by atoms with Crippen molar-refractivity contribution in [1.29, 1.82) is 0 Å². The molecule has 2 N–H and O–H groups in total. The van der Waals surface area contributed by atoms with Crippen LogP contribution in [0.1, 0.15) is 32.2 Å². The highest BCUT2D eigenvalue weighted by molar-refractivity contribution is 5.12. The third-order valence-corrected chi connectivity index (χ3v) is 2.98. The maximum atomic E-state index is 6.23. The van der Waals surface area contributed by atoms with E-state index in [0.717, 1.165) is 12.1 Å². The van der Waals surface area contributed by atoms with Gasteiger partial charge in [-0.15, -0.1) is 0 Å². The van der Waals surface area contributed by atoms with Crippen LogP contribution in [0.3, 0.4) is 0 Å². The van der Waals surface area contributed by atoms with Crippen molar-refractivity contribution >= 4 is 0 Å². The van der Waals surface area contributed by atoms with E-state index in [1.165, 1.54) is 5.69 Å². The summed E-state index contributed by atoms with van der Waals surface area (Å²) in [4.78, 5) is 0. The molecule has 0 amide bonds. The van der Waals surface area contributed by atoms with Crippen molar-refractivity contribution in [3.8, 4) is 0 Å². The van der Waals surface area contributed by atoms with Crippen LogP contribution >= 0.6 is 0 Å². The molecule has 3 nitrogen and oxygen atoms in total. The lowest BCUT2D eigenvalue weighted by Gasteiger charge is -2.29. The second-order valence-corrected chi connectivity index (χ2v) is 4.74. The van der Waals surface area contributed by atoms with Gasteiger partial charge in [0, 0.05) is 24.7 Å². The van der Waals surface area contributed by atoms with Gasteiger partial charge in [0.1, 0.15) is 0 Å². The average molecular weight is 195 g/mol. The zero-order chi connectivity index (χ0) is 10.9. The molecule has 0 spiro atoms. The first-order valence-electron chi connectivity index (χ1n) is 5.11. The summed E-state index contributed by atoms with van der Waals surface area (Å²) in [7, 11) is 1.97. The molecule has 14 heavy (non-hydrogen) atoms. The summed E-state index contributed by atoms with van der Waals surface area (Å²) in [6.45, 7) is 8.42. The standard InChI is InChI=1S/C11H21N3/c1-8(2)11(4,12)7-10-6-9(3)13-14(10)5/h6,8H,7,12H2,1-5H3. The van der Waals surface area contributed by atoms with Crippen molar-refractivity contribution in [1.82, 2.24) is 9.78 Å². The van der Waals surface area contributed by atoms with Crippen molar-refractivity contribution in [2.75, 3.05) is 0 Å². The fourth-order valence-corrected chi connectivity index (χ4v) is 1.42. The Kier molecular flexibility index (Phi) is 3.00. The molecule has 0 radical (unpaired) electrons. The van der Waals surface area contributed by atoms with Gasteiger partial charge in [-0.3, -0.25) is 4.68 Å². The largest absolute Gasteiger partial charge is 0.325 e. The Morgan fingerprint density at radius 3 is 2.50 bits per heavy atom. The van der Waals surface area contributed by atoms with Gasteiger partial charge in [-0.2, -0.15) is 5.10 Å². The van der Waals surface area contributed by atoms with E-state index in [1.54, 1.807) is 0 Å². The third kappa shape index (κ3) is 2.35. The lowest BCUT2D eigenvalue weighted by atomic mass is 9.85. The van der Waals surface area contributed by atoms with Gasteiger partial charge in [0.15, 0.2) is 0 Å². The van der Waals surface area contributed by atoms with Crippen molar-refractivity contribution in [2.24, 2.45) is 18.7 Å². The molecule has 1 unspecified atom stereocenters. The molecule has 1 aromatic rings. The summed E-state index contributed by atoms with van der Waals surface area (Å²) in [6, 6.07) is 2.10. The van der Waals surface area contributed by atoms with Crippen LogP contribution in [-0.4, -0.2) is 15.3 Å². The van der Waals surface area contributed by atoms with E-state index >= 15 is 0 Å². The molecule has 0 bridgehead atoms. The minimum absolute atomic E-state index is 0.153. The Bertz CT molecular complexity index is 310. The summed E-state index contributed by atoms with van der Waals surface area (Å²) in [5.74, 6) is 0.470. The van der Waals surface area contributed by atoms with E-state index in [9.17, 15) is 0 Å². The van der Waals surface area contributed by atoms with E-state index in [-0.39, 0.29) is 5.54 Å². The molecule has 0 aliphatic rings. The number of nitrogens with two attached hydrogens (primary N) is 1. The van der Waals surface area contributed by atoms with Gasteiger partial charge >= 0.3 is 0 Å². The van der Waals surface area contributed by atoms with Gasteiger partial charge in [0.25, 0.3) is 0 Å². The van der Waals surface area contributed by atoms with Gasteiger partial charge in [0.05, 0.1) is 5.69 Å². The molecule has 0 saturated heterocycles. The van der Waals surface area contributed by atoms with Crippen molar-refractivity contribution in [3.63, 3.8) is 0 Å². The van der Waals surface area contributed by atoms with Crippen LogP contribution in [0.4, 0.5) is 0 Å². The maximum absolute atomic E-state index is 6.23. The molecule has 1 atom stereocenters. The molecule has 0 aromatic carbocycles. The predicted molar refractivity (Wildman–Crippen MR) is 59.1 cm³/mol. The van der Waals surface area contributed by atoms with Crippen LogP contribution in [0.25, 0.3) is 0 Å². The predicted octanol–water partition coefficient (Wildman–Crippen LogP) is 1.64. The monoisotopic (exact) mass is 195 g/mol. The van der Waals surface area contributed by atoms with E-state index in [1.807, 2.05) is 18.7 Å². The highest BCUT2D eigenvalue weighted by Gasteiger charge is 2.24. The van der Waals surface area contributed by atoms with Gasteiger partial charge in [0.2, 0.25) is 0 Å². The first kappa shape index (κ1) is 11.2. The van der Waals surface area contributed by atoms with Crippen LogP contribution in [0.5, 0.6) is 0 Å². The second-order valence-electron chi connectivity index (χ2n) is 4.74. The average Bonchev–Trinajstić information content (AvgIpc) is 2.29. The van der Waals surface area contributed by atoms with Crippen LogP contribution in [0.15, 0.2) is 6.07 Å². The molecule has 1 aromatic heterocycles. The maximum Gasteiger partial charge on any atom is 0.0596 e. The first-order chi connectivity index (χ1) is 6.33. The summed E-state index contributed by atoms with van der Waals surface area (Å²) in [6.07, 6.45) is 0.877. The Labute approximate surface area is 86.3 Å².